The van der Waals surface area contributed by atoms with Crippen molar-refractivity contribution >= 4 is 21.9 Å². The molecule has 3 nitrogen and oxygen atoms in total. The molecule has 2 rings (SSSR count). The molecule has 0 bridgehead atoms. The third-order valence-electron chi connectivity index (χ3n) is 3.49. The average Bonchev–Trinajstić information content (AvgIpc) is 2.39. The van der Waals surface area contributed by atoms with Crippen LogP contribution in [0, 0.1) is 6.92 Å². The van der Waals surface area contributed by atoms with Crippen molar-refractivity contribution in [2.75, 3.05) is 0 Å². The van der Waals surface area contributed by atoms with Crippen molar-refractivity contribution in [2.24, 2.45) is 0 Å². The van der Waals surface area contributed by atoms with Crippen LogP contribution in [0.2, 0.25) is 0 Å². The van der Waals surface area contributed by atoms with Crippen LogP contribution in [0.1, 0.15) is 31.2 Å². The Bertz CT molecular complexity index is 597. The molecule has 0 aliphatic heterocycles. The number of thioether (sulfide) groups is 1. The highest BCUT2D eigenvalue weighted by Gasteiger charge is 2.40. The molecule has 1 aliphatic carbocycles. The van der Waals surface area contributed by atoms with Gasteiger partial charge in [-0.15, -0.1) is 0 Å². The van der Waals surface area contributed by atoms with Crippen LogP contribution >= 0.6 is 11.8 Å². The Balaban J connectivity index is 2.13. The van der Waals surface area contributed by atoms with Crippen molar-refractivity contribution in [2.45, 2.75) is 54.4 Å². The molecule has 0 saturated heterocycles. The highest BCUT2D eigenvalue weighted by Crippen LogP contribution is 2.41. The van der Waals surface area contributed by atoms with Crippen molar-refractivity contribution in [3.8, 4) is 0 Å². The van der Waals surface area contributed by atoms with Crippen LogP contribution in [0.5, 0.6) is 0 Å². The maximum absolute atomic E-state index is 12.6. The molecule has 0 spiro atoms. The number of halogens is 3. The zero-order valence-electron chi connectivity index (χ0n) is 12.0. The van der Waals surface area contributed by atoms with Gasteiger partial charge >= 0.3 is 5.51 Å². The minimum Gasteiger partial charge on any atom is -0.262 e. The van der Waals surface area contributed by atoms with E-state index in [0.29, 0.717) is 25.7 Å². The minimum absolute atomic E-state index is 0.0283. The van der Waals surface area contributed by atoms with Gasteiger partial charge in [-0.2, -0.15) is 21.6 Å². The molecule has 8 heteroatoms. The second kappa shape index (κ2) is 6.80. The lowest BCUT2D eigenvalue weighted by Crippen LogP contribution is -2.34. The molecule has 1 aliphatic rings. The summed E-state index contributed by atoms with van der Waals surface area (Å²) in [6.45, 7) is 1.81. The van der Waals surface area contributed by atoms with Gasteiger partial charge in [-0.05, 0) is 43.7 Å². The van der Waals surface area contributed by atoms with Crippen LogP contribution in [0.15, 0.2) is 29.2 Å². The fourth-order valence-electron chi connectivity index (χ4n) is 2.40. The third kappa shape index (κ3) is 4.89. The van der Waals surface area contributed by atoms with Crippen LogP contribution in [0.3, 0.4) is 0 Å². The summed E-state index contributed by atoms with van der Waals surface area (Å²) in [5.41, 5.74) is -3.50. The van der Waals surface area contributed by atoms with E-state index in [9.17, 15) is 21.6 Å². The van der Waals surface area contributed by atoms with Crippen LogP contribution in [0.25, 0.3) is 0 Å². The molecule has 0 amide bonds. The van der Waals surface area contributed by atoms with Crippen LogP contribution < -0.4 is 0 Å². The number of benzene rings is 1. The van der Waals surface area contributed by atoms with Gasteiger partial charge in [0.15, 0.2) is 0 Å². The standard InChI is InChI=1S/C14H17F3O3S2/c1-10-6-8-11(9-7-10)22(18,19)20-12-4-2-3-5-13(12)21-14(15,16)17/h6-9,12-13H,2-5H2,1H3/t12-,13-/m1/s1. The quantitative estimate of drug-likeness (QED) is 0.758. The van der Waals surface area contributed by atoms with E-state index in [4.69, 9.17) is 4.18 Å². The third-order valence-corrected chi connectivity index (χ3v) is 5.95. The summed E-state index contributed by atoms with van der Waals surface area (Å²) in [6, 6.07) is 6.05. The van der Waals surface area contributed by atoms with E-state index in [2.05, 4.69) is 0 Å². The zero-order valence-corrected chi connectivity index (χ0v) is 13.6. The Morgan fingerprint density at radius 3 is 2.32 bits per heavy atom. The van der Waals surface area contributed by atoms with Crippen molar-refractivity contribution in [1.82, 2.24) is 0 Å². The van der Waals surface area contributed by atoms with Gasteiger partial charge in [0, 0.05) is 5.25 Å². The predicted octanol–water partition coefficient (Wildman–Crippen LogP) is 4.26. The van der Waals surface area contributed by atoms with Crippen LogP contribution in [0.4, 0.5) is 13.2 Å². The molecule has 1 fully saturated rings. The molecular weight excluding hydrogens is 337 g/mol. The second-order valence-corrected chi connectivity index (χ2v) is 8.16. The zero-order chi connectivity index (χ0) is 16.4. The summed E-state index contributed by atoms with van der Waals surface area (Å²) in [7, 11) is -4.05. The number of hydrogen-bond acceptors (Lipinski definition) is 4. The Hall–Kier alpha value is -0.730. The Kier molecular flexibility index (Phi) is 5.45. The molecular formula is C14H17F3O3S2. The van der Waals surface area contributed by atoms with Gasteiger partial charge in [0.05, 0.1) is 11.0 Å². The predicted molar refractivity (Wildman–Crippen MR) is 79.1 cm³/mol. The van der Waals surface area contributed by atoms with Gasteiger partial charge in [-0.1, -0.05) is 30.5 Å². The molecule has 124 valence electrons. The van der Waals surface area contributed by atoms with E-state index >= 15 is 0 Å². The highest BCUT2D eigenvalue weighted by molar-refractivity contribution is 8.00. The SMILES string of the molecule is Cc1ccc(S(=O)(=O)O[C@@H]2CCCC[C@H]2SC(F)(F)F)cc1. The fourth-order valence-corrected chi connectivity index (χ4v) is 4.58. The van der Waals surface area contributed by atoms with Crippen molar-refractivity contribution in [3.05, 3.63) is 29.8 Å². The Labute approximate surface area is 132 Å². The van der Waals surface area contributed by atoms with Crippen LogP contribution in [-0.4, -0.2) is 25.3 Å². The minimum atomic E-state index is -4.39. The van der Waals surface area contributed by atoms with E-state index in [1.807, 2.05) is 6.92 Å². The van der Waals surface area contributed by atoms with Gasteiger partial charge in [0.1, 0.15) is 0 Å². The van der Waals surface area contributed by atoms with Gasteiger partial charge in [-0.25, -0.2) is 0 Å². The van der Waals surface area contributed by atoms with E-state index in [1.165, 1.54) is 12.1 Å². The molecule has 1 saturated carbocycles. The summed E-state index contributed by atoms with van der Waals surface area (Å²) < 4.78 is 67.2. The lowest BCUT2D eigenvalue weighted by Gasteiger charge is -2.30. The topological polar surface area (TPSA) is 43.4 Å². The molecule has 22 heavy (non-hydrogen) atoms. The van der Waals surface area contributed by atoms with Gasteiger partial charge in [-0.3, -0.25) is 4.18 Å². The van der Waals surface area contributed by atoms with Gasteiger partial charge in [0.25, 0.3) is 10.1 Å². The summed E-state index contributed by atoms with van der Waals surface area (Å²) in [6.07, 6.45) is 1.00. The van der Waals surface area contributed by atoms with E-state index < -0.39 is 27.0 Å². The van der Waals surface area contributed by atoms with Gasteiger partial charge in [0.2, 0.25) is 0 Å². The van der Waals surface area contributed by atoms with E-state index in [0.717, 1.165) is 5.56 Å². The Morgan fingerprint density at radius 1 is 1.14 bits per heavy atom. The first-order chi connectivity index (χ1) is 10.2. The molecule has 1 aromatic rings. The molecule has 1 aromatic carbocycles. The second-order valence-electron chi connectivity index (χ2n) is 5.29. The molecule has 2 atom stereocenters. The van der Waals surface area contributed by atoms with Crippen molar-refractivity contribution in [3.63, 3.8) is 0 Å². The Morgan fingerprint density at radius 2 is 1.73 bits per heavy atom. The average molecular weight is 354 g/mol. The first kappa shape index (κ1) is 17.6. The molecule has 0 aromatic heterocycles. The lowest BCUT2D eigenvalue weighted by atomic mass is 9.97. The van der Waals surface area contributed by atoms with E-state index in [-0.39, 0.29) is 16.7 Å². The number of hydrogen-bond donors (Lipinski definition) is 0. The summed E-state index contributed by atoms with van der Waals surface area (Å²) in [5, 5.41) is -0.881. The largest absolute Gasteiger partial charge is 0.442 e. The number of aryl methyl sites for hydroxylation is 1. The highest BCUT2D eigenvalue weighted by atomic mass is 32.2. The molecule has 0 unspecified atom stereocenters. The summed E-state index contributed by atoms with van der Waals surface area (Å²) in [5.74, 6) is 0. The first-order valence-corrected chi connectivity index (χ1v) is 9.21. The molecule has 0 N–H and O–H groups in total. The fraction of sp³-hybridized carbons (Fsp3) is 0.571. The van der Waals surface area contributed by atoms with Gasteiger partial charge < -0.3 is 0 Å². The maximum atomic E-state index is 12.6. The smallest absolute Gasteiger partial charge is 0.262 e. The summed E-state index contributed by atoms with van der Waals surface area (Å²) in [4.78, 5) is -0.0283. The monoisotopic (exact) mass is 354 g/mol. The van der Waals surface area contributed by atoms with Crippen molar-refractivity contribution in [1.29, 1.82) is 0 Å². The van der Waals surface area contributed by atoms with E-state index in [1.54, 1.807) is 12.1 Å². The first-order valence-electron chi connectivity index (χ1n) is 6.92. The summed E-state index contributed by atoms with van der Waals surface area (Å²) >= 11 is -0.165. The molecule has 0 radical (unpaired) electrons. The van der Waals surface area contributed by atoms with Crippen LogP contribution in [-0.2, 0) is 14.3 Å². The lowest BCUT2D eigenvalue weighted by molar-refractivity contribution is -0.0346. The molecule has 0 heterocycles. The number of alkyl halides is 3. The normalized spacial score (nSPS) is 23.5. The number of rotatable bonds is 4. The van der Waals surface area contributed by atoms with Crippen molar-refractivity contribution < 1.29 is 25.8 Å². The maximum Gasteiger partial charge on any atom is 0.442 e.